The van der Waals surface area contributed by atoms with E-state index >= 15 is 0 Å². The minimum atomic E-state index is 0.179. The minimum absolute atomic E-state index is 0.179. The number of halogens is 2. The van der Waals surface area contributed by atoms with Gasteiger partial charge in [-0.2, -0.15) is 0 Å². The number of hydrogen-bond donors (Lipinski definition) is 0. The first kappa shape index (κ1) is 14.8. The van der Waals surface area contributed by atoms with Gasteiger partial charge in [0.2, 0.25) is 0 Å². The van der Waals surface area contributed by atoms with Crippen molar-refractivity contribution >= 4 is 42.6 Å². The summed E-state index contributed by atoms with van der Waals surface area (Å²) >= 11 is 7.66. The lowest BCUT2D eigenvalue weighted by Crippen LogP contribution is -1.99. The van der Waals surface area contributed by atoms with Crippen LogP contribution < -0.4 is 0 Å². The van der Waals surface area contributed by atoms with Crippen LogP contribution in [0.1, 0.15) is 27.1 Å². The average Bonchev–Trinajstić information content (AvgIpc) is 2.49. The maximum atomic E-state index is 3.92. The second-order valence-corrected chi connectivity index (χ2v) is 7.07. The van der Waals surface area contributed by atoms with Gasteiger partial charge in [-0.05, 0) is 46.9 Å². The molecule has 0 aliphatic heterocycles. The van der Waals surface area contributed by atoms with Crippen LogP contribution in [-0.4, -0.2) is 0 Å². The number of benzene rings is 3. The lowest BCUT2D eigenvalue weighted by atomic mass is 9.94. The molecule has 0 aromatic heterocycles. The van der Waals surface area contributed by atoms with Crippen molar-refractivity contribution in [2.75, 3.05) is 0 Å². The van der Waals surface area contributed by atoms with Crippen molar-refractivity contribution < 1.29 is 0 Å². The van der Waals surface area contributed by atoms with E-state index in [4.69, 9.17) is 0 Å². The summed E-state index contributed by atoms with van der Waals surface area (Å²) in [4.78, 5) is 0.179. The van der Waals surface area contributed by atoms with Gasteiger partial charge in [0.05, 0.1) is 4.83 Å². The smallest absolute Gasteiger partial charge is 0.0664 e. The molecule has 1 atom stereocenters. The highest BCUT2D eigenvalue weighted by molar-refractivity contribution is 9.11. The fourth-order valence-electron chi connectivity index (χ4n) is 2.76. The van der Waals surface area contributed by atoms with Gasteiger partial charge in [0.15, 0.2) is 0 Å². The molecule has 0 aliphatic rings. The molecule has 3 rings (SSSR count). The average molecular weight is 404 g/mol. The van der Waals surface area contributed by atoms with Crippen LogP contribution in [0.5, 0.6) is 0 Å². The predicted octanol–water partition coefficient (Wildman–Crippen LogP) is 6.70. The van der Waals surface area contributed by atoms with Gasteiger partial charge in [-0.25, -0.2) is 0 Å². The fraction of sp³-hybridized carbons (Fsp3) is 0.158. The van der Waals surface area contributed by atoms with Gasteiger partial charge in [0, 0.05) is 4.47 Å². The third-order valence-corrected chi connectivity index (χ3v) is 5.97. The van der Waals surface area contributed by atoms with Crippen molar-refractivity contribution in [3.05, 3.63) is 81.3 Å². The zero-order valence-corrected chi connectivity index (χ0v) is 15.2. The summed E-state index contributed by atoms with van der Waals surface area (Å²) in [5.74, 6) is 0. The van der Waals surface area contributed by atoms with Gasteiger partial charge in [0.1, 0.15) is 0 Å². The van der Waals surface area contributed by atoms with E-state index in [0.29, 0.717) is 0 Å². The SMILES string of the molecule is Cc1cccc(C(Br)c2c(C)ccc3ccccc23)c1Br. The van der Waals surface area contributed by atoms with Crippen LogP contribution in [0, 0.1) is 13.8 Å². The van der Waals surface area contributed by atoms with E-state index in [2.05, 4.69) is 100 Å². The van der Waals surface area contributed by atoms with Crippen molar-refractivity contribution in [3.63, 3.8) is 0 Å². The Balaban J connectivity index is 2.24. The van der Waals surface area contributed by atoms with Gasteiger partial charge >= 0.3 is 0 Å². The van der Waals surface area contributed by atoms with Crippen LogP contribution in [0.25, 0.3) is 10.8 Å². The van der Waals surface area contributed by atoms with Gasteiger partial charge in [-0.1, -0.05) is 86.5 Å². The molecule has 0 bridgehead atoms. The summed E-state index contributed by atoms with van der Waals surface area (Å²) in [6.07, 6.45) is 0. The topological polar surface area (TPSA) is 0 Å². The minimum Gasteiger partial charge on any atom is -0.0786 e. The summed E-state index contributed by atoms with van der Waals surface area (Å²) < 4.78 is 1.18. The number of aryl methyl sites for hydroxylation is 2. The van der Waals surface area contributed by atoms with Gasteiger partial charge < -0.3 is 0 Å². The number of alkyl halides is 1. The zero-order valence-electron chi connectivity index (χ0n) is 12.0. The second-order valence-electron chi connectivity index (χ2n) is 5.36. The van der Waals surface area contributed by atoms with E-state index in [9.17, 15) is 0 Å². The predicted molar refractivity (Wildman–Crippen MR) is 98.3 cm³/mol. The normalized spacial score (nSPS) is 12.6. The fourth-order valence-corrected chi connectivity index (χ4v) is 4.55. The maximum Gasteiger partial charge on any atom is 0.0664 e. The second kappa shape index (κ2) is 5.94. The molecule has 0 fully saturated rings. The van der Waals surface area contributed by atoms with Gasteiger partial charge in [-0.15, -0.1) is 0 Å². The van der Waals surface area contributed by atoms with Crippen LogP contribution in [0.4, 0.5) is 0 Å². The van der Waals surface area contributed by atoms with E-state index in [1.807, 2.05) is 0 Å². The first-order chi connectivity index (χ1) is 10.1. The zero-order chi connectivity index (χ0) is 15.0. The van der Waals surface area contributed by atoms with Crippen LogP contribution >= 0.6 is 31.9 Å². The third kappa shape index (κ3) is 2.67. The largest absolute Gasteiger partial charge is 0.0786 e. The van der Waals surface area contributed by atoms with Gasteiger partial charge in [0.25, 0.3) is 0 Å². The Bertz CT molecular complexity index is 806. The number of hydrogen-bond acceptors (Lipinski definition) is 0. The molecule has 0 heterocycles. The molecule has 3 aromatic rings. The van der Waals surface area contributed by atoms with Crippen LogP contribution in [-0.2, 0) is 0 Å². The van der Waals surface area contributed by atoms with Crippen molar-refractivity contribution in [3.8, 4) is 0 Å². The molecule has 0 radical (unpaired) electrons. The highest BCUT2D eigenvalue weighted by Gasteiger charge is 2.18. The highest BCUT2D eigenvalue weighted by atomic mass is 79.9. The van der Waals surface area contributed by atoms with E-state index in [-0.39, 0.29) is 4.83 Å². The monoisotopic (exact) mass is 402 g/mol. The summed E-state index contributed by atoms with van der Waals surface area (Å²) in [5, 5.41) is 2.60. The lowest BCUT2D eigenvalue weighted by molar-refractivity contribution is 1.14. The van der Waals surface area contributed by atoms with E-state index < -0.39 is 0 Å². The summed E-state index contributed by atoms with van der Waals surface area (Å²) in [5.41, 5.74) is 5.19. The molecule has 0 aliphatic carbocycles. The Kier molecular flexibility index (Phi) is 4.19. The molecule has 0 amide bonds. The third-order valence-electron chi connectivity index (χ3n) is 3.94. The molecule has 3 aromatic carbocycles. The molecule has 0 saturated heterocycles. The van der Waals surface area contributed by atoms with E-state index in [1.54, 1.807) is 0 Å². The molecule has 0 spiro atoms. The van der Waals surface area contributed by atoms with Crippen LogP contribution in [0.2, 0.25) is 0 Å². The summed E-state index contributed by atoms with van der Waals surface area (Å²) in [6, 6.07) is 19.4. The first-order valence-electron chi connectivity index (χ1n) is 6.97. The quantitative estimate of drug-likeness (QED) is 0.417. The molecule has 0 N–H and O–H groups in total. The van der Waals surface area contributed by atoms with Crippen molar-refractivity contribution in [2.45, 2.75) is 18.7 Å². The Morgan fingerprint density at radius 3 is 2.38 bits per heavy atom. The van der Waals surface area contributed by atoms with Crippen LogP contribution in [0.3, 0.4) is 0 Å². The van der Waals surface area contributed by atoms with Gasteiger partial charge in [-0.3, -0.25) is 0 Å². The standard InChI is InChI=1S/C19H16Br2/c1-12-10-11-14-7-3-4-8-15(14)17(12)19(21)16-9-5-6-13(2)18(16)20/h3-11,19H,1-2H3. The van der Waals surface area contributed by atoms with E-state index in [0.717, 1.165) is 0 Å². The molecule has 1 unspecified atom stereocenters. The summed E-state index contributed by atoms with van der Waals surface area (Å²) in [6.45, 7) is 4.31. The Hall–Kier alpha value is -1.12. The molecular formula is C19H16Br2. The molecule has 2 heteroatoms. The highest BCUT2D eigenvalue weighted by Crippen LogP contribution is 2.41. The van der Waals surface area contributed by atoms with E-state index in [1.165, 1.54) is 37.5 Å². The van der Waals surface area contributed by atoms with Crippen molar-refractivity contribution in [1.29, 1.82) is 0 Å². The summed E-state index contributed by atoms with van der Waals surface area (Å²) in [7, 11) is 0. The molecule has 21 heavy (non-hydrogen) atoms. The molecule has 0 nitrogen and oxygen atoms in total. The number of fused-ring (bicyclic) bond motifs is 1. The van der Waals surface area contributed by atoms with Crippen molar-refractivity contribution in [1.82, 2.24) is 0 Å². The lowest BCUT2D eigenvalue weighted by Gasteiger charge is -2.19. The molecular weight excluding hydrogens is 388 g/mol. The Labute approximate surface area is 142 Å². The molecule has 106 valence electrons. The molecule has 0 saturated carbocycles. The Morgan fingerprint density at radius 1 is 0.810 bits per heavy atom. The first-order valence-corrected chi connectivity index (χ1v) is 8.68. The number of rotatable bonds is 2. The Morgan fingerprint density at radius 2 is 1.57 bits per heavy atom. The maximum absolute atomic E-state index is 3.92. The van der Waals surface area contributed by atoms with Crippen molar-refractivity contribution in [2.24, 2.45) is 0 Å². The van der Waals surface area contributed by atoms with Crippen LogP contribution in [0.15, 0.2) is 59.1 Å².